The first-order valence-corrected chi connectivity index (χ1v) is 13.7. The van der Waals surface area contributed by atoms with Crippen molar-refractivity contribution < 1.29 is 18.7 Å². The number of benzene rings is 3. The van der Waals surface area contributed by atoms with Crippen LogP contribution in [0.5, 0.6) is 0 Å². The van der Waals surface area contributed by atoms with Gasteiger partial charge in [-0.25, -0.2) is 0 Å². The molecule has 0 bridgehead atoms. The van der Waals surface area contributed by atoms with E-state index in [1.807, 2.05) is 36.4 Å². The second-order valence-corrected chi connectivity index (χ2v) is 12.3. The van der Waals surface area contributed by atoms with Crippen LogP contribution < -0.4 is 10.6 Å². The summed E-state index contributed by atoms with van der Waals surface area (Å²) in [5.41, 5.74) is 1.71. The first-order chi connectivity index (χ1) is 16.7. The number of carbonyl (C=O) groups is 1. The zero-order valence-electron chi connectivity index (χ0n) is 19.3. The Kier molecular flexibility index (Phi) is 8.05. The summed E-state index contributed by atoms with van der Waals surface area (Å²) in [5, 5.41) is 3.94. The fourth-order valence-corrected chi connectivity index (χ4v) is 9.50. The van der Waals surface area contributed by atoms with E-state index in [2.05, 4.69) is 66.8 Å². The van der Waals surface area contributed by atoms with Crippen LogP contribution in [0, 0.1) is 0 Å². The van der Waals surface area contributed by atoms with Crippen molar-refractivity contribution in [3.8, 4) is 0 Å². The van der Waals surface area contributed by atoms with E-state index in [1.54, 1.807) is 0 Å². The van der Waals surface area contributed by atoms with Crippen LogP contribution in [0.25, 0.3) is 0 Å². The number of allylic oxidation sites excluding steroid dienone is 2. The van der Waals surface area contributed by atoms with Crippen molar-refractivity contribution in [3.05, 3.63) is 120 Å². The molecule has 0 saturated carbocycles. The van der Waals surface area contributed by atoms with Gasteiger partial charge in [-0.15, -0.1) is 0 Å². The number of carbonyl (C=O) groups excluding carboxylic acids is 1. The van der Waals surface area contributed by atoms with E-state index in [1.165, 1.54) is 23.0 Å². The van der Waals surface area contributed by atoms with Gasteiger partial charge in [0.15, 0.2) is 0 Å². The van der Waals surface area contributed by atoms with E-state index >= 15 is 0 Å². The van der Waals surface area contributed by atoms with Gasteiger partial charge < -0.3 is 0 Å². The topological polar surface area (TPSA) is 35.5 Å². The van der Waals surface area contributed by atoms with Crippen molar-refractivity contribution >= 4 is 23.8 Å². The average Bonchev–Trinajstić information content (AvgIpc) is 2.92. The molecule has 0 saturated heterocycles. The van der Waals surface area contributed by atoms with Gasteiger partial charge in [0.25, 0.3) is 0 Å². The number of methoxy groups -OCH3 is 1. The van der Waals surface area contributed by atoms with E-state index in [-0.39, 0.29) is 18.7 Å². The van der Waals surface area contributed by atoms with E-state index in [0.717, 1.165) is 18.1 Å². The third-order valence-electron chi connectivity index (χ3n) is 6.34. The van der Waals surface area contributed by atoms with Crippen LogP contribution in [-0.2, 0) is 15.6 Å². The van der Waals surface area contributed by atoms with Gasteiger partial charge >= 0.3 is 201 Å². The van der Waals surface area contributed by atoms with Crippen LogP contribution in [0.3, 0.4) is 0 Å². The Morgan fingerprint density at radius 2 is 1.56 bits per heavy atom. The number of hydrogen-bond acceptors (Lipinski definition) is 3. The van der Waals surface area contributed by atoms with Crippen molar-refractivity contribution in [2.24, 2.45) is 0 Å². The summed E-state index contributed by atoms with van der Waals surface area (Å²) in [7, 11) is -1.08. The Balaban J connectivity index is 1.81. The molecule has 3 nitrogen and oxygen atoms in total. The van der Waals surface area contributed by atoms with Crippen LogP contribution >= 0.6 is 7.26 Å². The maximum absolute atomic E-state index is 12.6. The van der Waals surface area contributed by atoms with Crippen molar-refractivity contribution in [2.75, 3.05) is 20.4 Å². The van der Waals surface area contributed by atoms with Gasteiger partial charge in [-0.2, -0.15) is 0 Å². The van der Waals surface area contributed by atoms with Gasteiger partial charge in [-0.1, -0.05) is 0 Å². The molecule has 3 aromatic rings. The molecule has 0 aliphatic heterocycles. The molecular weight excluding hydrogens is 446 g/mol. The Bertz CT molecular complexity index is 1100. The minimum absolute atomic E-state index is 0.0999. The summed E-state index contributed by atoms with van der Waals surface area (Å²) in [6, 6.07) is 29.1. The molecule has 1 unspecified atom stereocenters. The fourth-order valence-electron chi connectivity index (χ4n) is 4.67. The molecule has 0 spiro atoms. The Labute approximate surface area is 201 Å². The first kappa shape index (κ1) is 24.1. The van der Waals surface area contributed by atoms with Crippen molar-refractivity contribution in [3.63, 3.8) is 0 Å². The monoisotopic (exact) mass is 476 g/mol. The van der Waals surface area contributed by atoms with Gasteiger partial charge in [0.1, 0.15) is 0 Å². The average molecular weight is 477 g/mol. The third-order valence-corrected chi connectivity index (χ3v) is 11.3. The Morgan fingerprint density at radius 3 is 2.06 bits per heavy atom. The van der Waals surface area contributed by atoms with Crippen LogP contribution in [0.4, 0.5) is 4.39 Å². The molecule has 1 aliphatic rings. The number of halogens is 1. The SMILES string of the molecule is COC(=O)c1ccc(C[PH](C2=CCC(OCCF)C=C2)(c2ccccc2)c2ccccc2)cc1. The summed E-state index contributed by atoms with van der Waals surface area (Å²) >= 11 is 0. The molecule has 4 rings (SSSR count). The van der Waals surface area contributed by atoms with E-state index < -0.39 is 13.9 Å². The van der Waals surface area contributed by atoms with E-state index in [4.69, 9.17) is 9.47 Å². The summed E-state index contributed by atoms with van der Waals surface area (Å²) in [4.78, 5) is 11.9. The van der Waals surface area contributed by atoms with Gasteiger partial charge in [0.05, 0.1) is 0 Å². The predicted molar refractivity (Wildman–Crippen MR) is 140 cm³/mol. The number of ether oxygens (including phenoxy) is 2. The van der Waals surface area contributed by atoms with E-state index in [9.17, 15) is 9.18 Å². The zero-order valence-corrected chi connectivity index (χ0v) is 20.3. The molecule has 0 N–H and O–H groups in total. The zero-order chi connectivity index (χ0) is 23.8. The predicted octanol–water partition coefficient (Wildman–Crippen LogP) is 5.57. The number of rotatable bonds is 9. The van der Waals surface area contributed by atoms with E-state index in [0.29, 0.717) is 5.56 Å². The van der Waals surface area contributed by atoms with Crippen molar-refractivity contribution in [1.82, 2.24) is 0 Å². The summed E-state index contributed by atoms with van der Waals surface area (Å²) < 4.78 is 23.1. The van der Waals surface area contributed by atoms with Crippen LogP contribution in [-0.4, -0.2) is 32.5 Å². The maximum atomic E-state index is 12.6. The molecule has 1 aliphatic carbocycles. The van der Waals surface area contributed by atoms with Crippen molar-refractivity contribution in [2.45, 2.75) is 18.7 Å². The third kappa shape index (κ3) is 5.19. The number of hydrogen-bond donors (Lipinski definition) is 0. The van der Waals surface area contributed by atoms with Crippen LogP contribution in [0.1, 0.15) is 22.3 Å². The summed E-state index contributed by atoms with van der Waals surface area (Å²) in [6.07, 6.45) is 7.99. The molecule has 1 atom stereocenters. The quantitative estimate of drug-likeness (QED) is 0.299. The van der Waals surface area contributed by atoms with Gasteiger partial charge in [0.2, 0.25) is 0 Å². The van der Waals surface area contributed by atoms with Crippen LogP contribution in [0.15, 0.2) is 108 Å². The summed E-state index contributed by atoms with van der Waals surface area (Å²) in [5.74, 6) is -0.335. The molecule has 0 heterocycles. The van der Waals surface area contributed by atoms with Gasteiger partial charge in [-0.3, -0.25) is 0 Å². The fraction of sp³-hybridized carbons (Fsp3) is 0.207. The molecule has 176 valence electrons. The molecule has 0 radical (unpaired) electrons. The Morgan fingerprint density at radius 1 is 0.941 bits per heavy atom. The molecule has 5 heteroatoms. The second kappa shape index (κ2) is 11.4. The molecule has 0 amide bonds. The van der Waals surface area contributed by atoms with Gasteiger partial charge in [0, 0.05) is 0 Å². The molecule has 0 aromatic heterocycles. The molecule has 0 fully saturated rings. The first-order valence-electron chi connectivity index (χ1n) is 11.5. The minimum atomic E-state index is -2.47. The number of alkyl halides is 1. The second-order valence-electron chi connectivity index (χ2n) is 8.36. The molecular formula is C29H30FO3P. The van der Waals surface area contributed by atoms with Gasteiger partial charge in [-0.05, 0) is 0 Å². The molecule has 3 aromatic carbocycles. The summed E-state index contributed by atoms with van der Waals surface area (Å²) in [6.45, 7) is -0.361. The number of esters is 1. The van der Waals surface area contributed by atoms with Crippen molar-refractivity contribution in [1.29, 1.82) is 0 Å². The normalized spacial score (nSPS) is 16.1. The van der Waals surface area contributed by atoms with Crippen LogP contribution in [0.2, 0.25) is 0 Å². The standard InChI is InChI=1S/C29H30FO3P/c1-32-29(31)24-14-12-23(13-15-24)22-34(26-8-4-2-5-9-26,27-10-6-3-7-11-27)28-18-16-25(17-19-28)33-21-20-30/h2-16,18-19,25,34H,17,20-22H2,1H3. The molecule has 34 heavy (non-hydrogen) atoms. The Hall–Kier alpha value is -3.07.